The molecule has 1 aromatic rings. The number of nitrogens with zero attached hydrogens (tertiary/aromatic N) is 1. The zero-order chi connectivity index (χ0) is 15.5. The van der Waals surface area contributed by atoms with Gasteiger partial charge in [-0.1, -0.05) is 0 Å². The number of ether oxygens (including phenoxy) is 5. The highest BCUT2D eigenvalue weighted by atomic mass is 16.7. The van der Waals surface area contributed by atoms with E-state index in [0.717, 1.165) is 0 Å². The first kappa shape index (κ1) is 15.2. The molecule has 0 atom stereocenters. The molecule has 2 fully saturated rings. The molecule has 2 aliphatic heterocycles. The van der Waals surface area contributed by atoms with E-state index in [1.54, 1.807) is 12.1 Å². The number of methoxy groups -OCH3 is 1. The molecule has 3 rings (SSSR count). The van der Waals surface area contributed by atoms with Crippen molar-refractivity contribution >= 4 is 5.69 Å². The first-order valence-electron chi connectivity index (χ1n) is 6.99. The van der Waals surface area contributed by atoms with E-state index in [-0.39, 0.29) is 5.69 Å². The van der Waals surface area contributed by atoms with E-state index in [0.29, 0.717) is 37.7 Å². The van der Waals surface area contributed by atoms with Gasteiger partial charge in [-0.15, -0.1) is 0 Å². The Kier molecular flexibility index (Phi) is 4.53. The predicted molar refractivity (Wildman–Crippen MR) is 73.8 cm³/mol. The fourth-order valence-electron chi connectivity index (χ4n) is 2.68. The van der Waals surface area contributed by atoms with Crippen LogP contribution in [0.15, 0.2) is 18.2 Å². The van der Waals surface area contributed by atoms with E-state index in [1.807, 2.05) is 0 Å². The van der Waals surface area contributed by atoms with Gasteiger partial charge in [-0.05, 0) is 12.1 Å². The van der Waals surface area contributed by atoms with Crippen molar-refractivity contribution in [3.63, 3.8) is 0 Å². The van der Waals surface area contributed by atoms with E-state index in [2.05, 4.69) is 0 Å². The molecule has 0 N–H and O–H groups in total. The molecule has 0 bridgehead atoms. The average Bonchev–Trinajstić information content (AvgIpc) is 3.21. The van der Waals surface area contributed by atoms with Gasteiger partial charge in [0, 0.05) is 11.6 Å². The maximum atomic E-state index is 11.4. The van der Waals surface area contributed by atoms with Crippen molar-refractivity contribution in [3.05, 3.63) is 33.9 Å². The second-order valence-corrected chi connectivity index (χ2v) is 4.93. The summed E-state index contributed by atoms with van der Waals surface area (Å²) in [5, 5.41) is 11.4. The van der Waals surface area contributed by atoms with Crippen molar-refractivity contribution in [2.24, 2.45) is 0 Å². The van der Waals surface area contributed by atoms with Crippen LogP contribution in [-0.4, -0.2) is 51.0 Å². The molecule has 0 aromatic heterocycles. The van der Waals surface area contributed by atoms with Crippen molar-refractivity contribution < 1.29 is 28.6 Å². The lowest BCUT2D eigenvalue weighted by atomic mass is 9.95. The Hall–Kier alpha value is -1.74. The molecule has 0 spiro atoms. The fourth-order valence-corrected chi connectivity index (χ4v) is 2.68. The van der Waals surface area contributed by atoms with Crippen LogP contribution in [-0.2, 0) is 18.9 Å². The molecular weight excluding hydrogens is 294 g/mol. The quantitative estimate of drug-likeness (QED) is 0.600. The van der Waals surface area contributed by atoms with E-state index in [4.69, 9.17) is 23.7 Å². The summed E-state index contributed by atoms with van der Waals surface area (Å²) in [4.78, 5) is 10.9. The van der Waals surface area contributed by atoms with Crippen LogP contribution in [0.25, 0.3) is 0 Å². The van der Waals surface area contributed by atoms with Crippen LogP contribution in [0.5, 0.6) is 5.75 Å². The molecule has 2 saturated heterocycles. The lowest BCUT2D eigenvalue weighted by Gasteiger charge is -2.26. The summed E-state index contributed by atoms with van der Waals surface area (Å²) in [6, 6.07) is 4.56. The van der Waals surface area contributed by atoms with Gasteiger partial charge < -0.3 is 23.7 Å². The second kappa shape index (κ2) is 6.57. The van der Waals surface area contributed by atoms with Gasteiger partial charge in [-0.25, -0.2) is 0 Å². The highest BCUT2D eigenvalue weighted by molar-refractivity contribution is 5.48. The predicted octanol–water partition coefficient (Wildman–Crippen LogP) is 1.43. The molecule has 0 radical (unpaired) electrons. The third-order valence-electron chi connectivity index (χ3n) is 3.67. The Morgan fingerprint density at radius 1 is 1.14 bits per heavy atom. The maximum Gasteiger partial charge on any atom is 0.273 e. The van der Waals surface area contributed by atoms with Crippen LogP contribution in [0.4, 0.5) is 5.69 Å². The van der Waals surface area contributed by atoms with Crippen LogP contribution in [0.2, 0.25) is 0 Å². The lowest BCUT2D eigenvalue weighted by molar-refractivity contribution is -0.386. The van der Waals surface area contributed by atoms with Crippen molar-refractivity contribution in [3.8, 4) is 5.75 Å². The third-order valence-corrected chi connectivity index (χ3v) is 3.67. The normalized spacial score (nSPS) is 19.9. The van der Waals surface area contributed by atoms with Gasteiger partial charge in [0.25, 0.3) is 5.69 Å². The molecule has 0 aliphatic carbocycles. The van der Waals surface area contributed by atoms with Crippen molar-refractivity contribution in [2.45, 2.75) is 18.5 Å². The summed E-state index contributed by atoms with van der Waals surface area (Å²) in [5.74, 6) is -0.0397. The molecule has 2 aliphatic rings. The number of hydrogen-bond donors (Lipinski definition) is 0. The van der Waals surface area contributed by atoms with Crippen LogP contribution >= 0.6 is 0 Å². The zero-order valence-corrected chi connectivity index (χ0v) is 12.1. The molecule has 120 valence electrons. The Bertz CT molecular complexity index is 522. The summed E-state index contributed by atoms with van der Waals surface area (Å²) in [6.07, 6.45) is -1.29. The van der Waals surface area contributed by atoms with Crippen LogP contribution in [0, 0.1) is 10.1 Å². The Labute approximate surface area is 127 Å². The van der Waals surface area contributed by atoms with Crippen LogP contribution < -0.4 is 4.74 Å². The largest absolute Gasteiger partial charge is 0.497 e. The number of nitro groups is 1. The summed E-state index contributed by atoms with van der Waals surface area (Å²) in [7, 11) is 1.51. The van der Waals surface area contributed by atoms with E-state index < -0.39 is 23.4 Å². The molecule has 1 aromatic carbocycles. The Morgan fingerprint density at radius 2 is 1.68 bits per heavy atom. The Balaban J connectivity index is 2.03. The van der Waals surface area contributed by atoms with Crippen molar-refractivity contribution in [1.82, 2.24) is 0 Å². The standard InChI is InChI=1S/C14H17NO7/c1-18-9-2-3-11(15(16)17)10(8-9)12(13-19-4-5-20-13)14-21-6-7-22-14/h2-3,8,12-14H,4-7H2,1H3. The fraction of sp³-hybridized carbons (Fsp3) is 0.571. The van der Waals surface area contributed by atoms with E-state index >= 15 is 0 Å². The molecular formula is C14H17NO7. The average molecular weight is 311 g/mol. The summed E-state index contributed by atoms with van der Waals surface area (Å²) in [6.45, 7) is 1.74. The zero-order valence-electron chi connectivity index (χ0n) is 12.1. The van der Waals surface area contributed by atoms with Crippen LogP contribution in [0.3, 0.4) is 0 Å². The maximum absolute atomic E-state index is 11.4. The Morgan fingerprint density at radius 3 is 2.14 bits per heavy atom. The summed E-state index contributed by atoms with van der Waals surface area (Å²) in [5.41, 5.74) is 0.382. The molecule has 0 saturated carbocycles. The number of nitro benzene ring substituents is 1. The van der Waals surface area contributed by atoms with Gasteiger partial charge >= 0.3 is 0 Å². The van der Waals surface area contributed by atoms with Gasteiger partial charge in [0.15, 0.2) is 12.6 Å². The smallest absolute Gasteiger partial charge is 0.273 e. The molecule has 0 unspecified atom stereocenters. The van der Waals surface area contributed by atoms with Gasteiger partial charge in [-0.3, -0.25) is 10.1 Å². The van der Waals surface area contributed by atoms with Crippen molar-refractivity contribution in [1.29, 1.82) is 0 Å². The van der Waals surface area contributed by atoms with Gasteiger partial charge in [0.05, 0.1) is 44.4 Å². The van der Waals surface area contributed by atoms with Gasteiger partial charge in [-0.2, -0.15) is 0 Å². The monoisotopic (exact) mass is 311 g/mol. The van der Waals surface area contributed by atoms with E-state index in [1.165, 1.54) is 13.2 Å². The van der Waals surface area contributed by atoms with Gasteiger partial charge in [0.1, 0.15) is 5.75 Å². The minimum atomic E-state index is -0.645. The van der Waals surface area contributed by atoms with Crippen molar-refractivity contribution in [2.75, 3.05) is 33.5 Å². The highest BCUT2D eigenvalue weighted by Gasteiger charge is 2.41. The topological polar surface area (TPSA) is 89.3 Å². The minimum absolute atomic E-state index is 0.0380. The number of hydrogen-bond acceptors (Lipinski definition) is 7. The van der Waals surface area contributed by atoms with E-state index in [9.17, 15) is 10.1 Å². The SMILES string of the molecule is COc1ccc([N+](=O)[O-])c(C(C2OCCO2)C2OCCO2)c1. The number of rotatable bonds is 5. The minimum Gasteiger partial charge on any atom is -0.497 e. The first-order valence-corrected chi connectivity index (χ1v) is 6.99. The van der Waals surface area contributed by atoms with Crippen LogP contribution in [0.1, 0.15) is 11.5 Å². The molecule has 2 heterocycles. The molecule has 0 amide bonds. The number of benzene rings is 1. The molecule has 8 heteroatoms. The summed E-state index contributed by atoms with van der Waals surface area (Å²) < 4.78 is 27.4. The first-order chi connectivity index (χ1) is 10.7. The lowest BCUT2D eigenvalue weighted by Crippen LogP contribution is -2.32. The highest BCUT2D eigenvalue weighted by Crippen LogP contribution is 2.39. The molecule has 8 nitrogen and oxygen atoms in total. The summed E-state index contributed by atoms with van der Waals surface area (Å²) >= 11 is 0. The third kappa shape index (κ3) is 2.91. The second-order valence-electron chi connectivity index (χ2n) is 4.93. The molecule has 22 heavy (non-hydrogen) atoms. The van der Waals surface area contributed by atoms with Gasteiger partial charge in [0.2, 0.25) is 0 Å².